The Morgan fingerprint density at radius 3 is 2.55 bits per heavy atom. The van der Waals surface area contributed by atoms with Crippen molar-refractivity contribution in [2.75, 3.05) is 38.2 Å². The van der Waals surface area contributed by atoms with Gasteiger partial charge in [-0.1, -0.05) is 25.1 Å². The lowest BCUT2D eigenvalue weighted by Gasteiger charge is -2.36. The van der Waals surface area contributed by atoms with Gasteiger partial charge in [-0.2, -0.15) is 16.5 Å². The van der Waals surface area contributed by atoms with Gasteiger partial charge in [0.25, 0.3) is 0 Å². The second-order valence-corrected chi connectivity index (χ2v) is 11.1. The van der Waals surface area contributed by atoms with Crippen molar-refractivity contribution >= 4 is 39.0 Å². The van der Waals surface area contributed by atoms with Crippen LogP contribution in [0.1, 0.15) is 24.0 Å². The smallest absolute Gasteiger partial charge is 0.241 e. The van der Waals surface area contributed by atoms with E-state index < -0.39 is 16.1 Å². The van der Waals surface area contributed by atoms with E-state index in [9.17, 15) is 13.2 Å². The van der Waals surface area contributed by atoms with Crippen molar-refractivity contribution < 1.29 is 13.2 Å². The van der Waals surface area contributed by atoms with E-state index in [0.717, 1.165) is 36.8 Å². The molecule has 0 radical (unpaired) electrons. The lowest BCUT2D eigenvalue weighted by Crippen LogP contribution is -2.54. The van der Waals surface area contributed by atoms with Crippen molar-refractivity contribution in [3.05, 3.63) is 46.4 Å². The first-order valence-electron chi connectivity index (χ1n) is 10.4. The Balaban J connectivity index is 1.60. The maximum absolute atomic E-state index is 13.2. The molecule has 1 saturated heterocycles. The van der Waals surface area contributed by atoms with E-state index in [1.807, 2.05) is 6.26 Å². The van der Waals surface area contributed by atoms with Gasteiger partial charge in [0, 0.05) is 38.1 Å². The molecule has 1 fully saturated rings. The Morgan fingerprint density at radius 2 is 1.94 bits per heavy atom. The summed E-state index contributed by atoms with van der Waals surface area (Å²) in [6.07, 6.45) is 3.36. The van der Waals surface area contributed by atoms with Crippen LogP contribution >= 0.6 is 23.1 Å². The Kier molecular flexibility index (Phi) is 8.91. The van der Waals surface area contributed by atoms with Crippen LogP contribution in [0.5, 0.6) is 0 Å². The number of hydrogen-bond acceptors (Lipinski definition) is 7. The molecule has 31 heavy (non-hydrogen) atoms. The minimum absolute atomic E-state index is 0.143. The average Bonchev–Trinajstić information content (AvgIpc) is 3.25. The highest BCUT2D eigenvalue weighted by molar-refractivity contribution is 7.98. The van der Waals surface area contributed by atoms with Gasteiger partial charge in [0.05, 0.1) is 15.6 Å². The zero-order chi connectivity index (χ0) is 22.3. The molecule has 0 bridgehead atoms. The van der Waals surface area contributed by atoms with Crippen LogP contribution in [0, 0.1) is 0 Å². The molecule has 2 aromatic rings. The molecule has 170 valence electrons. The third-order valence-electron chi connectivity index (χ3n) is 5.23. The number of piperazine rings is 1. The van der Waals surface area contributed by atoms with Crippen LogP contribution in [0.15, 0.2) is 40.6 Å². The summed E-state index contributed by atoms with van der Waals surface area (Å²) in [7, 11) is -3.75. The Hall–Kier alpha value is -1.46. The molecular formula is C21H30N4O3S3. The molecule has 1 aromatic carbocycles. The summed E-state index contributed by atoms with van der Waals surface area (Å²) in [6, 6.07) is 7.45. The van der Waals surface area contributed by atoms with E-state index in [1.54, 1.807) is 58.3 Å². The summed E-state index contributed by atoms with van der Waals surface area (Å²) in [5.74, 6) is 0.562. The number of nitrogens with one attached hydrogen (secondary N) is 1. The summed E-state index contributed by atoms with van der Waals surface area (Å²) in [5, 5.41) is 3.25. The highest BCUT2D eigenvalue weighted by Crippen LogP contribution is 2.16. The number of thioether (sulfide) groups is 1. The van der Waals surface area contributed by atoms with Gasteiger partial charge in [-0.25, -0.2) is 13.4 Å². The highest BCUT2D eigenvalue weighted by Gasteiger charge is 2.31. The summed E-state index contributed by atoms with van der Waals surface area (Å²) >= 11 is 3.29. The number of rotatable bonds is 10. The minimum atomic E-state index is -3.75. The monoisotopic (exact) mass is 482 g/mol. The van der Waals surface area contributed by atoms with Crippen LogP contribution in [-0.2, 0) is 27.8 Å². The van der Waals surface area contributed by atoms with Crippen molar-refractivity contribution in [2.45, 2.75) is 37.2 Å². The van der Waals surface area contributed by atoms with Crippen molar-refractivity contribution in [3.63, 3.8) is 0 Å². The van der Waals surface area contributed by atoms with E-state index in [-0.39, 0.29) is 10.8 Å². The fourth-order valence-corrected chi connectivity index (χ4v) is 5.94. The predicted molar refractivity (Wildman–Crippen MR) is 127 cm³/mol. The van der Waals surface area contributed by atoms with Crippen LogP contribution in [-0.4, -0.2) is 73.3 Å². The van der Waals surface area contributed by atoms with E-state index in [1.165, 1.54) is 0 Å². The largest absolute Gasteiger partial charge is 0.339 e. The SMILES string of the molecule is CCc1nc(CN2CCN(C(=O)C(CCSC)NS(=O)(=O)c3ccccc3)CC2)cs1. The Labute approximate surface area is 193 Å². The van der Waals surface area contributed by atoms with Gasteiger partial charge in [-0.05, 0) is 37.0 Å². The van der Waals surface area contributed by atoms with Crippen molar-refractivity contribution in [1.29, 1.82) is 0 Å². The number of hydrogen-bond donors (Lipinski definition) is 1. The summed E-state index contributed by atoms with van der Waals surface area (Å²) in [4.78, 5) is 22.1. The maximum Gasteiger partial charge on any atom is 0.241 e. The molecule has 1 aromatic heterocycles. The molecule has 1 unspecified atom stereocenters. The first-order valence-corrected chi connectivity index (χ1v) is 14.2. The minimum Gasteiger partial charge on any atom is -0.339 e. The second kappa shape index (κ2) is 11.4. The van der Waals surface area contributed by atoms with Crippen LogP contribution in [0.2, 0.25) is 0 Å². The van der Waals surface area contributed by atoms with Crippen LogP contribution < -0.4 is 4.72 Å². The summed E-state index contributed by atoms with van der Waals surface area (Å²) < 4.78 is 28.2. The number of carbonyl (C=O) groups is 1. The fraction of sp³-hybridized carbons (Fsp3) is 0.524. The van der Waals surface area contributed by atoms with Gasteiger partial charge < -0.3 is 4.90 Å². The lowest BCUT2D eigenvalue weighted by molar-refractivity contribution is -0.134. The number of amides is 1. The predicted octanol–water partition coefficient (Wildman–Crippen LogP) is 2.45. The van der Waals surface area contributed by atoms with Crippen LogP contribution in [0.3, 0.4) is 0 Å². The summed E-state index contributed by atoms with van der Waals surface area (Å²) in [6.45, 7) is 5.58. The lowest BCUT2D eigenvalue weighted by atomic mass is 10.2. The molecule has 2 heterocycles. The molecule has 0 spiro atoms. The zero-order valence-corrected chi connectivity index (χ0v) is 20.4. The first kappa shape index (κ1) is 24.2. The first-order chi connectivity index (χ1) is 14.9. The number of thiazole rings is 1. The molecule has 1 aliphatic rings. The van der Waals surface area contributed by atoms with E-state index in [0.29, 0.717) is 25.3 Å². The van der Waals surface area contributed by atoms with Crippen molar-refractivity contribution in [2.24, 2.45) is 0 Å². The molecule has 7 nitrogen and oxygen atoms in total. The number of aryl methyl sites for hydroxylation is 1. The molecule has 10 heteroatoms. The highest BCUT2D eigenvalue weighted by atomic mass is 32.2. The number of nitrogens with zero attached hydrogens (tertiary/aromatic N) is 3. The normalized spacial score (nSPS) is 16.4. The van der Waals surface area contributed by atoms with Crippen LogP contribution in [0.4, 0.5) is 0 Å². The molecule has 1 atom stereocenters. The Bertz CT molecular complexity index is 942. The van der Waals surface area contributed by atoms with Gasteiger partial charge in [-0.3, -0.25) is 9.69 Å². The van der Waals surface area contributed by atoms with Gasteiger partial charge in [0.15, 0.2) is 0 Å². The third-order valence-corrected chi connectivity index (χ3v) is 8.40. The van der Waals surface area contributed by atoms with Gasteiger partial charge in [-0.15, -0.1) is 11.3 Å². The fourth-order valence-electron chi connectivity index (χ4n) is 3.48. The van der Waals surface area contributed by atoms with Crippen molar-refractivity contribution in [1.82, 2.24) is 19.5 Å². The average molecular weight is 483 g/mol. The van der Waals surface area contributed by atoms with Crippen molar-refractivity contribution in [3.8, 4) is 0 Å². The Morgan fingerprint density at radius 1 is 1.23 bits per heavy atom. The van der Waals surface area contributed by atoms with Gasteiger partial charge in [0.2, 0.25) is 15.9 Å². The molecular weight excluding hydrogens is 452 g/mol. The maximum atomic E-state index is 13.2. The standard InChI is InChI=1S/C21H30N4O3S3/c1-3-20-22-17(16-30-20)15-24-10-12-25(13-11-24)21(26)19(9-14-29-2)23-31(27,28)18-7-5-4-6-8-18/h4-8,16,19,23H,3,9-15H2,1-2H3. The van der Waals surface area contributed by atoms with Crippen LogP contribution in [0.25, 0.3) is 0 Å². The quantitative estimate of drug-likeness (QED) is 0.560. The number of benzene rings is 1. The number of sulfonamides is 1. The molecule has 0 aliphatic carbocycles. The molecule has 1 amide bonds. The van der Waals surface area contributed by atoms with E-state index in [2.05, 4.69) is 26.9 Å². The molecule has 3 rings (SSSR count). The molecule has 0 saturated carbocycles. The molecule has 1 aliphatic heterocycles. The summed E-state index contributed by atoms with van der Waals surface area (Å²) in [5.41, 5.74) is 1.08. The topological polar surface area (TPSA) is 82.6 Å². The van der Waals surface area contributed by atoms with Gasteiger partial charge in [0.1, 0.15) is 6.04 Å². The number of carbonyl (C=O) groups excluding carboxylic acids is 1. The second-order valence-electron chi connectivity index (χ2n) is 7.46. The van der Waals surface area contributed by atoms with E-state index in [4.69, 9.17) is 0 Å². The number of aromatic nitrogens is 1. The zero-order valence-electron chi connectivity index (χ0n) is 18.0. The van der Waals surface area contributed by atoms with E-state index >= 15 is 0 Å². The van der Waals surface area contributed by atoms with Gasteiger partial charge >= 0.3 is 0 Å². The molecule has 1 N–H and O–H groups in total. The third kappa shape index (κ3) is 6.76.